The minimum Gasteiger partial charge on any atom is -0.324 e. The molecule has 0 amide bonds. The molecule has 21 heavy (non-hydrogen) atoms. The van der Waals surface area contributed by atoms with Crippen molar-refractivity contribution in [2.75, 3.05) is 6.54 Å². The summed E-state index contributed by atoms with van der Waals surface area (Å²) >= 11 is 5.28. The first kappa shape index (κ1) is 16.7. The summed E-state index contributed by atoms with van der Waals surface area (Å²) in [6, 6.07) is 13.3. The van der Waals surface area contributed by atoms with Gasteiger partial charge in [0.15, 0.2) is 0 Å². The van der Waals surface area contributed by atoms with Gasteiger partial charge in [-0.3, -0.25) is 4.90 Å². The summed E-state index contributed by atoms with van der Waals surface area (Å²) in [5, 5.41) is 2.14. The minimum absolute atomic E-state index is 0.0997. The molecule has 1 atom stereocenters. The molecule has 0 saturated carbocycles. The van der Waals surface area contributed by atoms with Crippen LogP contribution in [-0.2, 0) is 6.54 Å². The maximum Gasteiger partial charge on any atom is 0.0330 e. The van der Waals surface area contributed by atoms with Gasteiger partial charge in [0.25, 0.3) is 0 Å². The van der Waals surface area contributed by atoms with Crippen LogP contribution in [0, 0.1) is 0 Å². The molecule has 0 aliphatic heterocycles. The molecule has 1 unspecified atom stereocenters. The zero-order chi connectivity index (χ0) is 15.2. The molecule has 2 aromatic rings. The number of hydrogen-bond donors (Lipinski definition) is 1. The van der Waals surface area contributed by atoms with Crippen LogP contribution in [0.15, 0.2) is 46.3 Å². The second-order valence-corrected chi connectivity index (χ2v) is 7.54. The largest absolute Gasteiger partial charge is 0.324 e. The smallest absolute Gasteiger partial charge is 0.0330 e. The van der Waals surface area contributed by atoms with E-state index in [1.165, 1.54) is 10.4 Å². The second-order valence-electron chi connectivity index (χ2n) is 5.59. The van der Waals surface area contributed by atoms with Crippen LogP contribution in [0.1, 0.15) is 36.8 Å². The van der Waals surface area contributed by atoms with Crippen molar-refractivity contribution < 1.29 is 0 Å². The molecule has 0 aliphatic carbocycles. The van der Waals surface area contributed by atoms with E-state index in [2.05, 4.69) is 76.5 Å². The van der Waals surface area contributed by atoms with Crippen molar-refractivity contribution in [2.45, 2.75) is 38.9 Å². The normalized spacial score (nSPS) is 13.0. The highest BCUT2D eigenvalue weighted by atomic mass is 79.9. The van der Waals surface area contributed by atoms with Crippen LogP contribution in [0.4, 0.5) is 0 Å². The molecule has 4 heteroatoms. The molecule has 2 nitrogen and oxygen atoms in total. The minimum atomic E-state index is 0.0997. The van der Waals surface area contributed by atoms with Gasteiger partial charge in [0.2, 0.25) is 0 Å². The molecule has 1 aromatic heterocycles. The Morgan fingerprint density at radius 1 is 1.19 bits per heavy atom. The van der Waals surface area contributed by atoms with E-state index >= 15 is 0 Å². The average Bonchev–Trinajstić information content (AvgIpc) is 2.96. The van der Waals surface area contributed by atoms with E-state index in [4.69, 9.17) is 5.73 Å². The van der Waals surface area contributed by atoms with Crippen molar-refractivity contribution in [3.05, 3.63) is 56.7 Å². The van der Waals surface area contributed by atoms with Crippen molar-refractivity contribution in [3.8, 4) is 0 Å². The molecule has 0 spiro atoms. The van der Waals surface area contributed by atoms with Crippen molar-refractivity contribution in [1.29, 1.82) is 0 Å². The lowest BCUT2D eigenvalue weighted by Crippen LogP contribution is -2.32. The summed E-state index contributed by atoms with van der Waals surface area (Å²) in [5.41, 5.74) is 7.53. The van der Waals surface area contributed by atoms with Crippen LogP contribution < -0.4 is 5.73 Å². The van der Waals surface area contributed by atoms with E-state index in [-0.39, 0.29) is 6.04 Å². The number of nitrogens with zero attached hydrogens (tertiary/aromatic N) is 1. The van der Waals surface area contributed by atoms with Crippen LogP contribution in [0.3, 0.4) is 0 Å². The fourth-order valence-electron chi connectivity index (χ4n) is 2.30. The molecule has 0 bridgehead atoms. The molecule has 0 radical (unpaired) electrons. The van der Waals surface area contributed by atoms with Gasteiger partial charge in [-0.2, -0.15) is 0 Å². The third-order valence-electron chi connectivity index (χ3n) is 3.69. The molecule has 2 N–H and O–H groups in total. The van der Waals surface area contributed by atoms with Crippen molar-refractivity contribution in [1.82, 2.24) is 4.90 Å². The second kappa shape index (κ2) is 8.08. The lowest BCUT2D eigenvalue weighted by atomic mass is 10.0. The summed E-state index contributed by atoms with van der Waals surface area (Å²) in [6.45, 7) is 6.53. The van der Waals surface area contributed by atoms with Crippen LogP contribution >= 0.6 is 27.3 Å². The fourth-order valence-corrected chi connectivity index (χ4v) is 3.30. The van der Waals surface area contributed by atoms with Gasteiger partial charge in [0.05, 0.1) is 0 Å². The third-order valence-corrected chi connectivity index (χ3v) is 5.08. The van der Waals surface area contributed by atoms with Crippen molar-refractivity contribution in [2.24, 2.45) is 5.73 Å². The molecular weight excluding hydrogens is 344 g/mol. The zero-order valence-electron chi connectivity index (χ0n) is 12.6. The van der Waals surface area contributed by atoms with E-state index in [1.807, 2.05) is 11.3 Å². The molecule has 114 valence electrons. The highest BCUT2D eigenvalue weighted by Crippen LogP contribution is 2.20. The topological polar surface area (TPSA) is 29.3 Å². The van der Waals surface area contributed by atoms with E-state index in [0.717, 1.165) is 24.0 Å². The van der Waals surface area contributed by atoms with Gasteiger partial charge in [-0.15, -0.1) is 11.3 Å². The van der Waals surface area contributed by atoms with Crippen LogP contribution in [-0.4, -0.2) is 17.5 Å². The summed E-state index contributed by atoms with van der Waals surface area (Å²) < 4.78 is 1.10. The molecular formula is C17H23BrN2S. The lowest BCUT2D eigenvalue weighted by Gasteiger charge is -2.27. The molecule has 0 saturated heterocycles. The van der Waals surface area contributed by atoms with E-state index < -0.39 is 0 Å². The fraction of sp³-hybridized carbons (Fsp3) is 0.412. The standard InChI is InChI=1S/C17H23BrN2S/c1-13(2)20(12-16-4-3-11-21-16)10-9-17(19)14-5-7-15(18)8-6-14/h3-8,11,13,17H,9-10,12,19H2,1-2H3. The number of thiophene rings is 1. The summed E-state index contributed by atoms with van der Waals surface area (Å²) in [5.74, 6) is 0. The van der Waals surface area contributed by atoms with E-state index in [9.17, 15) is 0 Å². The highest BCUT2D eigenvalue weighted by Gasteiger charge is 2.13. The first-order valence-corrected chi connectivity index (χ1v) is 9.01. The van der Waals surface area contributed by atoms with Gasteiger partial charge in [-0.1, -0.05) is 34.1 Å². The Hall–Kier alpha value is -0.680. The highest BCUT2D eigenvalue weighted by molar-refractivity contribution is 9.10. The average molecular weight is 367 g/mol. The van der Waals surface area contributed by atoms with Crippen LogP contribution in [0.5, 0.6) is 0 Å². The van der Waals surface area contributed by atoms with Gasteiger partial charge < -0.3 is 5.73 Å². The Kier molecular flexibility index (Phi) is 6.42. The van der Waals surface area contributed by atoms with Crippen molar-refractivity contribution in [3.63, 3.8) is 0 Å². The number of halogens is 1. The molecule has 1 heterocycles. The van der Waals surface area contributed by atoms with Gasteiger partial charge in [-0.05, 0) is 49.4 Å². The van der Waals surface area contributed by atoms with Crippen LogP contribution in [0.25, 0.3) is 0 Å². The first-order chi connectivity index (χ1) is 10.1. The van der Waals surface area contributed by atoms with Gasteiger partial charge >= 0.3 is 0 Å². The van der Waals surface area contributed by atoms with Gasteiger partial charge in [0.1, 0.15) is 0 Å². The zero-order valence-corrected chi connectivity index (χ0v) is 15.0. The third kappa shape index (κ3) is 5.22. The Balaban J connectivity index is 1.90. The maximum absolute atomic E-state index is 6.33. The van der Waals surface area contributed by atoms with E-state index in [0.29, 0.717) is 6.04 Å². The quantitative estimate of drug-likeness (QED) is 0.761. The Bertz CT molecular complexity index is 522. The maximum atomic E-state index is 6.33. The Labute approximate surface area is 140 Å². The number of nitrogens with two attached hydrogens (primary N) is 1. The van der Waals surface area contributed by atoms with Gasteiger partial charge in [-0.25, -0.2) is 0 Å². The van der Waals surface area contributed by atoms with Gasteiger partial charge in [0, 0.05) is 34.5 Å². The monoisotopic (exact) mass is 366 g/mol. The van der Waals surface area contributed by atoms with Crippen molar-refractivity contribution >= 4 is 27.3 Å². The Morgan fingerprint density at radius 3 is 2.48 bits per heavy atom. The number of benzene rings is 1. The molecule has 1 aromatic carbocycles. The number of hydrogen-bond acceptors (Lipinski definition) is 3. The van der Waals surface area contributed by atoms with Crippen LogP contribution in [0.2, 0.25) is 0 Å². The number of rotatable bonds is 7. The predicted molar refractivity (Wildman–Crippen MR) is 95.6 cm³/mol. The predicted octanol–water partition coefficient (Wildman–Crippen LogP) is 4.81. The SMILES string of the molecule is CC(C)N(CCC(N)c1ccc(Br)cc1)Cc1cccs1. The summed E-state index contributed by atoms with van der Waals surface area (Å²) in [6.07, 6.45) is 0.977. The van der Waals surface area contributed by atoms with E-state index in [1.54, 1.807) is 0 Å². The first-order valence-electron chi connectivity index (χ1n) is 7.33. The lowest BCUT2D eigenvalue weighted by molar-refractivity contribution is 0.207. The molecule has 0 fully saturated rings. The molecule has 0 aliphatic rings. The molecule has 2 rings (SSSR count). The summed E-state index contributed by atoms with van der Waals surface area (Å²) in [4.78, 5) is 3.91. The Morgan fingerprint density at radius 2 is 1.90 bits per heavy atom. The summed E-state index contributed by atoms with van der Waals surface area (Å²) in [7, 11) is 0.